The molecule has 1 N–H and O–H groups in total. The molecule has 1 aliphatic rings. The van der Waals surface area contributed by atoms with E-state index in [0.717, 1.165) is 24.8 Å². The van der Waals surface area contributed by atoms with Crippen molar-refractivity contribution in [2.24, 2.45) is 0 Å². The number of hydrogen-bond acceptors (Lipinski definition) is 6. The van der Waals surface area contributed by atoms with Gasteiger partial charge in [-0.2, -0.15) is 0 Å². The summed E-state index contributed by atoms with van der Waals surface area (Å²) in [5.74, 6) is 1.54. The van der Waals surface area contributed by atoms with Crippen molar-refractivity contribution in [1.29, 1.82) is 0 Å². The number of anilines is 1. The van der Waals surface area contributed by atoms with Crippen LogP contribution in [0.2, 0.25) is 0 Å². The second kappa shape index (κ2) is 8.83. The Bertz CT molecular complexity index is 1060. The minimum atomic E-state index is -0.255. The van der Waals surface area contributed by atoms with Crippen molar-refractivity contribution in [2.75, 3.05) is 19.0 Å². The topological polar surface area (TPSA) is 91.2 Å². The van der Waals surface area contributed by atoms with Crippen molar-refractivity contribution in [3.63, 3.8) is 0 Å². The van der Waals surface area contributed by atoms with Crippen LogP contribution in [-0.4, -0.2) is 39.8 Å². The van der Waals surface area contributed by atoms with E-state index in [1.54, 1.807) is 19.2 Å². The summed E-state index contributed by atoms with van der Waals surface area (Å²) in [6, 6.07) is 11.3. The van der Waals surface area contributed by atoms with Crippen molar-refractivity contribution >= 4 is 27.5 Å². The molecule has 1 amide bonds. The Morgan fingerprint density at radius 3 is 2.87 bits per heavy atom. The number of carbonyl (C=O) groups excluding carboxylic acids is 1. The zero-order chi connectivity index (χ0) is 21.1. The molecular weight excluding hydrogens is 450 g/mol. The maximum Gasteiger partial charge on any atom is 0.255 e. The predicted octanol–water partition coefficient (Wildman–Crippen LogP) is 4.49. The third-order valence-electron chi connectivity index (χ3n) is 4.71. The Balaban J connectivity index is 1.55. The molecule has 2 aromatic carbocycles. The van der Waals surface area contributed by atoms with Gasteiger partial charge in [0.05, 0.1) is 24.2 Å². The van der Waals surface area contributed by atoms with Gasteiger partial charge in [-0.25, -0.2) is 4.68 Å². The third kappa shape index (κ3) is 4.30. The van der Waals surface area contributed by atoms with Crippen LogP contribution < -0.4 is 14.8 Å². The number of ether oxygens (including phenoxy) is 2. The van der Waals surface area contributed by atoms with Gasteiger partial charge in [-0.15, -0.1) is 5.10 Å². The standard InChI is InChI=1S/C21H22BrN5O3/c1-3-9-30-19-17(22)11-14(12-18(19)29-2)21(28)23-15-6-4-5-13(10-15)20-24-25-26-27(20)16-7-8-16/h4-6,10-12,16H,3,7-9H2,1-2H3,(H,23,28). The zero-order valence-corrected chi connectivity index (χ0v) is 18.3. The number of aromatic nitrogens is 4. The molecule has 0 radical (unpaired) electrons. The van der Waals surface area contributed by atoms with E-state index in [0.29, 0.717) is 45.7 Å². The molecule has 3 aromatic rings. The third-order valence-corrected chi connectivity index (χ3v) is 5.30. The molecule has 4 rings (SSSR count). The molecule has 1 aliphatic carbocycles. The van der Waals surface area contributed by atoms with E-state index in [1.807, 2.05) is 35.9 Å². The van der Waals surface area contributed by atoms with Gasteiger partial charge in [-0.1, -0.05) is 19.1 Å². The Hall–Kier alpha value is -2.94. The monoisotopic (exact) mass is 471 g/mol. The van der Waals surface area contributed by atoms with Crippen molar-refractivity contribution in [1.82, 2.24) is 20.2 Å². The number of amides is 1. The highest BCUT2D eigenvalue weighted by Crippen LogP contribution is 2.38. The van der Waals surface area contributed by atoms with Crippen LogP contribution in [0.15, 0.2) is 40.9 Å². The number of tetrazole rings is 1. The maximum atomic E-state index is 12.9. The summed E-state index contributed by atoms with van der Waals surface area (Å²) in [5.41, 5.74) is 1.96. The highest BCUT2D eigenvalue weighted by atomic mass is 79.9. The van der Waals surface area contributed by atoms with Gasteiger partial charge in [-0.3, -0.25) is 4.79 Å². The smallest absolute Gasteiger partial charge is 0.255 e. The van der Waals surface area contributed by atoms with E-state index < -0.39 is 0 Å². The van der Waals surface area contributed by atoms with E-state index in [-0.39, 0.29) is 5.91 Å². The zero-order valence-electron chi connectivity index (χ0n) is 16.8. The fraction of sp³-hybridized carbons (Fsp3) is 0.333. The maximum absolute atomic E-state index is 12.9. The van der Waals surface area contributed by atoms with Gasteiger partial charge in [0.25, 0.3) is 5.91 Å². The van der Waals surface area contributed by atoms with Crippen LogP contribution in [0.3, 0.4) is 0 Å². The number of rotatable bonds is 8. The molecule has 0 spiro atoms. The van der Waals surface area contributed by atoms with Gasteiger partial charge in [0.1, 0.15) is 0 Å². The van der Waals surface area contributed by atoms with E-state index in [4.69, 9.17) is 9.47 Å². The van der Waals surface area contributed by atoms with Crippen LogP contribution in [0.1, 0.15) is 42.6 Å². The van der Waals surface area contributed by atoms with Crippen LogP contribution in [0.5, 0.6) is 11.5 Å². The normalized spacial score (nSPS) is 13.2. The number of halogens is 1. The summed E-state index contributed by atoms with van der Waals surface area (Å²) < 4.78 is 13.7. The quantitative estimate of drug-likeness (QED) is 0.520. The number of carbonyl (C=O) groups is 1. The Labute approximate surface area is 182 Å². The van der Waals surface area contributed by atoms with Gasteiger partial charge in [-0.05, 0) is 69.9 Å². The fourth-order valence-electron chi connectivity index (χ4n) is 3.08. The second-order valence-electron chi connectivity index (χ2n) is 7.05. The molecular formula is C21H22BrN5O3. The molecule has 1 aromatic heterocycles. The van der Waals surface area contributed by atoms with Gasteiger partial charge >= 0.3 is 0 Å². The lowest BCUT2D eigenvalue weighted by Gasteiger charge is -2.14. The van der Waals surface area contributed by atoms with Gasteiger partial charge in [0, 0.05) is 16.8 Å². The Morgan fingerprint density at radius 1 is 1.30 bits per heavy atom. The van der Waals surface area contributed by atoms with Crippen molar-refractivity contribution in [2.45, 2.75) is 32.2 Å². The highest BCUT2D eigenvalue weighted by molar-refractivity contribution is 9.10. The summed E-state index contributed by atoms with van der Waals surface area (Å²) in [6.45, 7) is 2.59. The minimum absolute atomic E-state index is 0.255. The molecule has 9 heteroatoms. The second-order valence-corrected chi connectivity index (χ2v) is 7.91. The number of benzene rings is 2. The highest BCUT2D eigenvalue weighted by Gasteiger charge is 2.28. The first-order valence-corrected chi connectivity index (χ1v) is 10.6. The van der Waals surface area contributed by atoms with Crippen molar-refractivity contribution in [3.8, 4) is 22.9 Å². The van der Waals surface area contributed by atoms with Crippen molar-refractivity contribution in [3.05, 3.63) is 46.4 Å². The lowest BCUT2D eigenvalue weighted by molar-refractivity contribution is 0.102. The lowest BCUT2D eigenvalue weighted by Crippen LogP contribution is -2.12. The lowest BCUT2D eigenvalue weighted by atomic mass is 10.1. The first kappa shape index (κ1) is 20.3. The van der Waals surface area contributed by atoms with Crippen LogP contribution in [-0.2, 0) is 0 Å². The molecule has 0 unspecified atom stereocenters. The molecule has 0 aliphatic heterocycles. The molecule has 30 heavy (non-hydrogen) atoms. The van der Waals surface area contributed by atoms with Crippen LogP contribution in [0, 0.1) is 0 Å². The number of nitrogens with one attached hydrogen (secondary N) is 1. The molecule has 1 heterocycles. The number of nitrogens with zero attached hydrogens (tertiary/aromatic N) is 4. The van der Waals surface area contributed by atoms with E-state index >= 15 is 0 Å². The van der Waals surface area contributed by atoms with Crippen LogP contribution >= 0.6 is 15.9 Å². The SMILES string of the molecule is CCCOc1c(Br)cc(C(=O)Nc2cccc(-c3nnnn3C3CC3)c2)cc1OC. The predicted molar refractivity (Wildman–Crippen MR) is 116 cm³/mol. The average Bonchev–Trinajstić information content (AvgIpc) is 3.48. The molecule has 1 fully saturated rings. The largest absolute Gasteiger partial charge is 0.493 e. The van der Waals surface area contributed by atoms with Gasteiger partial charge in [0.2, 0.25) is 0 Å². The summed E-state index contributed by atoms with van der Waals surface area (Å²) >= 11 is 3.48. The molecule has 0 atom stereocenters. The van der Waals surface area contributed by atoms with Gasteiger partial charge in [0.15, 0.2) is 17.3 Å². The summed E-state index contributed by atoms with van der Waals surface area (Å²) in [5, 5.41) is 15.0. The van der Waals surface area contributed by atoms with E-state index in [9.17, 15) is 4.79 Å². The molecule has 156 valence electrons. The molecule has 0 bridgehead atoms. The minimum Gasteiger partial charge on any atom is -0.493 e. The first-order valence-electron chi connectivity index (χ1n) is 9.80. The van der Waals surface area contributed by atoms with E-state index in [1.165, 1.54) is 0 Å². The number of methoxy groups -OCH3 is 1. The van der Waals surface area contributed by atoms with Crippen LogP contribution in [0.4, 0.5) is 5.69 Å². The fourth-order valence-corrected chi connectivity index (χ4v) is 3.64. The Morgan fingerprint density at radius 2 is 2.13 bits per heavy atom. The summed E-state index contributed by atoms with van der Waals surface area (Å²) in [7, 11) is 1.55. The van der Waals surface area contributed by atoms with Crippen LogP contribution in [0.25, 0.3) is 11.4 Å². The average molecular weight is 472 g/mol. The number of hydrogen-bond donors (Lipinski definition) is 1. The Kier molecular flexibility index (Phi) is 5.98. The molecule has 1 saturated carbocycles. The molecule has 0 saturated heterocycles. The van der Waals surface area contributed by atoms with Crippen molar-refractivity contribution < 1.29 is 14.3 Å². The van der Waals surface area contributed by atoms with E-state index in [2.05, 4.69) is 36.8 Å². The molecule has 8 nitrogen and oxygen atoms in total. The summed E-state index contributed by atoms with van der Waals surface area (Å²) in [4.78, 5) is 12.9. The van der Waals surface area contributed by atoms with Gasteiger partial charge < -0.3 is 14.8 Å². The first-order chi connectivity index (χ1) is 14.6. The summed E-state index contributed by atoms with van der Waals surface area (Å²) in [6.07, 6.45) is 3.05.